The van der Waals surface area contributed by atoms with Crippen molar-refractivity contribution in [2.75, 3.05) is 5.32 Å². The lowest BCUT2D eigenvalue weighted by Gasteiger charge is -2.12. The minimum absolute atomic E-state index is 0.201. The van der Waals surface area contributed by atoms with Gasteiger partial charge in [0.15, 0.2) is 0 Å². The Kier molecular flexibility index (Phi) is 4.11. The number of nitrogens with zero attached hydrogens (tertiary/aromatic N) is 2. The maximum Gasteiger partial charge on any atom is 0.234 e. The van der Waals surface area contributed by atoms with E-state index < -0.39 is 5.92 Å². The molecule has 1 aromatic heterocycles. The normalized spacial score (nSPS) is 11.8. The van der Waals surface area contributed by atoms with Crippen molar-refractivity contribution < 1.29 is 4.79 Å². The standard InChI is InChI=1S/C9H12N4OS/c1-2-7(8(10)15)9(14)13-6-3-11-5-12-4-6/h3-5,7H,2H2,1H3,(H2,10,15)(H,13,14). The molecule has 1 amide bonds. The number of aromatic nitrogens is 2. The van der Waals surface area contributed by atoms with Gasteiger partial charge in [0, 0.05) is 0 Å². The number of thiocarbonyl (C=S) groups is 1. The third kappa shape index (κ3) is 3.25. The maximum atomic E-state index is 11.7. The smallest absolute Gasteiger partial charge is 0.234 e. The second kappa shape index (κ2) is 5.35. The fourth-order valence-corrected chi connectivity index (χ4v) is 1.38. The summed E-state index contributed by atoms with van der Waals surface area (Å²) in [5, 5.41) is 2.64. The Bertz CT molecular complexity index is 354. The van der Waals surface area contributed by atoms with Crippen LogP contribution >= 0.6 is 12.2 Å². The Hall–Kier alpha value is -1.56. The van der Waals surface area contributed by atoms with E-state index in [1.165, 1.54) is 18.7 Å². The van der Waals surface area contributed by atoms with Crippen molar-refractivity contribution in [3.8, 4) is 0 Å². The number of hydrogen-bond donors (Lipinski definition) is 2. The molecule has 0 aromatic carbocycles. The van der Waals surface area contributed by atoms with Crippen molar-refractivity contribution in [2.24, 2.45) is 11.7 Å². The molecular weight excluding hydrogens is 212 g/mol. The number of hydrogen-bond acceptors (Lipinski definition) is 4. The lowest BCUT2D eigenvalue weighted by molar-refractivity contribution is -0.118. The fourth-order valence-electron chi connectivity index (χ4n) is 1.11. The summed E-state index contributed by atoms with van der Waals surface area (Å²) in [4.78, 5) is 19.4. The van der Waals surface area contributed by atoms with Gasteiger partial charge in [-0.25, -0.2) is 9.97 Å². The van der Waals surface area contributed by atoms with E-state index in [0.717, 1.165) is 0 Å². The molecule has 0 radical (unpaired) electrons. The predicted molar refractivity (Wildman–Crippen MR) is 61.2 cm³/mol. The number of rotatable bonds is 4. The Balaban J connectivity index is 2.66. The second-order valence-electron chi connectivity index (χ2n) is 2.98. The van der Waals surface area contributed by atoms with E-state index >= 15 is 0 Å². The summed E-state index contributed by atoms with van der Waals surface area (Å²) in [7, 11) is 0. The summed E-state index contributed by atoms with van der Waals surface area (Å²) in [6.45, 7) is 1.85. The van der Waals surface area contributed by atoms with Crippen molar-refractivity contribution in [3.05, 3.63) is 18.7 Å². The van der Waals surface area contributed by atoms with E-state index in [9.17, 15) is 4.79 Å². The van der Waals surface area contributed by atoms with Crippen LogP contribution < -0.4 is 11.1 Å². The molecule has 0 saturated heterocycles. The first-order chi connectivity index (χ1) is 7.15. The summed E-state index contributed by atoms with van der Waals surface area (Å²) in [5.74, 6) is -0.667. The Morgan fingerprint density at radius 1 is 1.60 bits per heavy atom. The lowest BCUT2D eigenvalue weighted by Crippen LogP contribution is -2.32. The summed E-state index contributed by atoms with van der Waals surface area (Å²) in [5.41, 5.74) is 5.98. The van der Waals surface area contributed by atoms with E-state index in [-0.39, 0.29) is 10.9 Å². The van der Waals surface area contributed by atoms with Crippen LogP contribution in [0.1, 0.15) is 13.3 Å². The first-order valence-electron chi connectivity index (χ1n) is 4.50. The van der Waals surface area contributed by atoms with Gasteiger partial charge in [-0.15, -0.1) is 0 Å². The number of carbonyl (C=O) groups is 1. The molecule has 1 atom stereocenters. The third-order valence-corrected chi connectivity index (χ3v) is 2.18. The molecule has 1 heterocycles. The molecular formula is C9H12N4OS. The van der Waals surface area contributed by atoms with Crippen molar-refractivity contribution in [1.29, 1.82) is 0 Å². The maximum absolute atomic E-state index is 11.7. The van der Waals surface area contributed by atoms with Crippen molar-refractivity contribution >= 4 is 28.8 Å². The van der Waals surface area contributed by atoms with Crippen LogP contribution in [0, 0.1) is 5.92 Å². The van der Waals surface area contributed by atoms with E-state index in [1.807, 2.05) is 6.92 Å². The van der Waals surface area contributed by atoms with Crippen LogP contribution in [-0.4, -0.2) is 20.9 Å². The summed E-state index contributed by atoms with van der Waals surface area (Å²) in [6, 6.07) is 0. The highest BCUT2D eigenvalue weighted by molar-refractivity contribution is 7.80. The predicted octanol–water partition coefficient (Wildman–Crippen LogP) is 0.727. The highest BCUT2D eigenvalue weighted by Gasteiger charge is 2.19. The lowest BCUT2D eigenvalue weighted by atomic mass is 10.1. The number of nitrogens with two attached hydrogens (primary N) is 1. The fraction of sp³-hybridized carbons (Fsp3) is 0.333. The van der Waals surface area contributed by atoms with Gasteiger partial charge in [0.2, 0.25) is 5.91 Å². The highest BCUT2D eigenvalue weighted by Crippen LogP contribution is 2.08. The molecule has 0 spiro atoms. The molecule has 0 fully saturated rings. The van der Waals surface area contributed by atoms with Crippen LogP contribution in [0.25, 0.3) is 0 Å². The molecule has 0 aliphatic rings. The average Bonchev–Trinajstić information content (AvgIpc) is 2.19. The Morgan fingerprint density at radius 3 is 2.67 bits per heavy atom. The minimum atomic E-state index is -0.444. The van der Waals surface area contributed by atoms with Crippen LogP contribution in [0.15, 0.2) is 18.7 Å². The van der Waals surface area contributed by atoms with Crippen molar-refractivity contribution in [1.82, 2.24) is 9.97 Å². The van der Waals surface area contributed by atoms with Gasteiger partial charge in [0.1, 0.15) is 6.33 Å². The number of amides is 1. The van der Waals surface area contributed by atoms with Gasteiger partial charge in [0.25, 0.3) is 0 Å². The van der Waals surface area contributed by atoms with Gasteiger partial charge in [-0.2, -0.15) is 0 Å². The average molecular weight is 224 g/mol. The summed E-state index contributed by atoms with van der Waals surface area (Å²) < 4.78 is 0. The zero-order valence-corrected chi connectivity index (χ0v) is 9.12. The van der Waals surface area contributed by atoms with Crippen LogP contribution in [0.5, 0.6) is 0 Å². The first-order valence-corrected chi connectivity index (χ1v) is 4.91. The van der Waals surface area contributed by atoms with E-state index in [2.05, 4.69) is 15.3 Å². The van der Waals surface area contributed by atoms with Crippen molar-refractivity contribution in [2.45, 2.75) is 13.3 Å². The molecule has 0 saturated carbocycles. The molecule has 80 valence electrons. The first kappa shape index (κ1) is 11.5. The third-order valence-electron chi connectivity index (χ3n) is 1.90. The van der Waals surface area contributed by atoms with Gasteiger partial charge in [-0.05, 0) is 6.42 Å². The highest BCUT2D eigenvalue weighted by atomic mass is 32.1. The number of carbonyl (C=O) groups excluding carboxylic acids is 1. The van der Waals surface area contributed by atoms with Crippen LogP contribution in [0.4, 0.5) is 5.69 Å². The molecule has 1 aromatic rings. The number of nitrogens with one attached hydrogen (secondary N) is 1. The van der Waals surface area contributed by atoms with Crippen LogP contribution in [-0.2, 0) is 4.79 Å². The largest absolute Gasteiger partial charge is 0.393 e. The number of anilines is 1. The molecule has 0 aliphatic heterocycles. The van der Waals surface area contributed by atoms with E-state index in [4.69, 9.17) is 18.0 Å². The molecule has 15 heavy (non-hydrogen) atoms. The Morgan fingerprint density at radius 2 is 2.20 bits per heavy atom. The minimum Gasteiger partial charge on any atom is -0.393 e. The van der Waals surface area contributed by atoms with Gasteiger partial charge in [-0.3, -0.25) is 4.79 Å². The molecule has 3 N–H and O–H groups in total. The van der Waals surface area contributed by atoms with Gasteiger partial charge in [-0.1, -0.05) is 19.1 Å². The van der Waals surface area contributed by atoms with Gasteiger partial charge >= 0.3 is 0 Å². The van der Waals surface area contributed by atoms with Gasteiger partial charge < -0.3 is 11.1 Å². The molecule has 5 nitrogen and oxygen atoms in total. The van der Waals surface area contributed by atoms with Crippen LogP contribution in [0.2, 0.25) is 0 Å². The quantitative estimate of drug-likeness (QED) is 0.737. The molecule has 1 unspecified atom stereocenters. The van der Waals surface area contributed by atoms with Gasteiger partial charge in [0.05, 0.1) is 29.0 Å². The van der Waals surface area contributed by atoms with E-state index in [1.54, 1.807) is 0 Å². The Labute approximate surface area is 93.1 Å². The second-order valence-corrected chi connectivity index (χ2v) is 3.45. The van der Waals surface area contributed by atoms with E-state index in [0.29, 0.717) is 12.1 Å². The SMILES string of the molecule is CCC(C(=O)Nc1cncnc1)C(N)=S. The zero-order chi connectivity index (χ0) is 11.3. The molecule has 1 rings (SSSR count). The topological polar surface area (TPSA) is 80.9 Å². The molecule has 0 aliphatic carbocycles. The molecule has 6 heteroatoms. The summed E-state index contributed by atoms with van der Waals surface area (Å²) in [6.07, 6.45) is 4.99. The molecule has 0 bridgehead atoms. The monoisotopic (exact) mass is 224 g/mol. The zero-order valence-electron chi connectivity index (χ0n) is 8.30. The van der Waals surface area contributed by atoms with Crippen molar-refractivity contribution in [3.63, 3.8) is 0 Å². The summed E-state index contributed by atoms with van der Waals surface area (Å²) >= 11 is 4.79. The van der Waals surface area contributed by atoms with Crippen LogP contribution in [0.3, 0.4) is 0 Å².